The summed E-state index contributed by atoms with van der Waals surface area (Å²) in [5, 5.41) is 3.64. The summed E-state index contributed by atoms with van der Waals surface area (Å²) in [7, 11) is 0. The lowest BCUT2D eigenvalue weighted by Gasteiger charge is -1.98. The summed E-state index contributed by atoms with van der Waals surface area (Å²) in [5.41, 5.74) is 0.941. The van der Waals surface area contributed by atoms with Crippen molar-refractivity contribution in [2.24, 2.45) is 0 Å². The smallest absolute Gasteiger partial charge is 0.142 e. The fraction of sp³-hybridized carbons (Fsp3) is 0.250. The number of anilines is 1. The van der Waals surface area contributed by atoms with Gasteiger partial charge in [-0.25, -0.2) is 4.98 Å². The number of rotatable bonds is 1. The summed E-state index contributed by atoms with van der Waals surface area (Å²) in [6.07, 6.45) is 3.14. The highest BCUT2D eigenvalue weighted by Crippen LogP contribution is 2.28. The Bertz CT molecular complexity index is 327. The number of aromatic nitrogens is 1. The fourth-order valence-electron chi connectivity index (χ4n) is 1.32. The minimum Gasteiger partial charge on any atom is -0.360 e. The highest BCUT2D eigenvalue weighted by molar-refractivity contribution is 6.31. The summed E-state index contributed by atoms with van der Waals surface area (Å²) >= 11 is 5.90. The molecule has 62 valence electrons. The molecule has 2 rings (SSSR count). The van der Waals surface area contributed by atoms with Crippen LogP contribution in [0.15, 0.2) is 12.3 Å². The van der Waals surface area contributed by atoms with Gasteiger partial charge >= 0.3 is 0 Å². The van der Waals surface area contributed by atoms with Crippen LogP contribution in [0.3, 0.4) is 0 Å². The lowest BCUT2D eigenvalue weighted by Crippen LogP contribution is -2.16. The van der Waals surface area contributed by atoms with Crippen molar-refractivity contribution >= 4 is 23.7 Å². The third kappa shape index (κ3) is 1.06. The molecule has 1 aromatic heterocycles. The van der Waals surface area contributed by atoms with E-state index in [-0.39, 0.29) is 6.04 Å². The topological polar surface area (TPSA) is 42.0 Å². The number of fused-ring (bicyclic) bond motifs is 1. The van der Waals surface area contributed by atoms with Crippen LogP contribution in [0.1, 0.15) is 5.56 Å². The molecule has 0 radical (unpaired) electrons. The SMILES string of the molecule is O=CC1Cc2c(Cl)ccnc2N1. The molecule has 1 aliphatic heterocycles. The van der Waals surface area contributed by atoms with Crippen LogP contribution >= 0.6 is 11.6 Å². The van der Waals surface area contributed by atoms with Gasteiger partial charge in [-0.1, -0.05) is 11.6 Å². The Hall–Kier alpha value is -1.09. The molecule has 1 aliphatic rings. The highest BCUT2D eigenvalue weighted by atomic mass is 35.5. The number of halogens is 1. The number of hydrogen-bond acceptors (Lipinski definition) is 3. The predicted octanol–water partition coefficient (Wildman–Crippen LogP) is 1.27. The number of carbonyl (C=O) groups is 1. The molecule has 1 N–H and O–H groups in total. The van der Waals surface area contributed by atoms with Crippen molar-refractivity contribution in [1.29, 1.82) is 0 Å². The molecule has 0 spiro atoms. The Morgan fingerprint density at radius 1 is 1.75 bits per heavy atom. The van der Waals surface area contributed by atoms with E-state index in [0.717, 1.165) is 17.7 Å². The highest BCUT2D eigenvalue weighted by Gasteiger charge is 2.22. The maximum atomic E-state index is 10.5. The van der Waals surface area contributed by atoms with Crippen LogP contribution < -0.4 is 5.32 Å². The molecular formula is C8H7ClN2O. The van der Waals surface area contributed by atoms with E-state index in [0.29, 0.717) is 11.4 Å². The Morgan fingerprint density at radius 3 is 3.25 bits per heavy atom. The van der Waals surface area contributed by atoms with Crippen molar-refractivity contribution in [2.45, 2.75) is 12.5 Å². The van der Waals surface area contributed by atoms with Crippen LogP contribution in [-0.2, 0) is 11.2 Å². The molecule has 0 saturated carbocycles. The van der Waals surface area contributed by atoms with Crippen LogP contribution in [0.5, 0.6) is 0 Å². The van der Waals surface area contributed by atoms with Crippen molar-refractivity contribution < 1.29 is 4.79 Å². The van der Waals surface area contributed by atoms with Crippen molar-refractivity contribution in [3.05, 3.63) is 22.8 Å². The second-order valence-corrected chi connectivity index (χ2v) is 3.12. The predicted molar refractivity (Wildman–Crippen MR) is 46.4 cm³/mol. The molecule has 0 saturated heterocycles. The quantitative estimate of drug-likeness (QED) is 0.666. The monoisotopic (exact) mass is 182 g/mol. The maximum absolute atomic E-state index is 10.5. The van der Waals surface area contributed by atoms with Crippen LogP contribution in [0.25, 0.3) is 0 Å². The molecule has 0 bridgehead atoms. The van der Waals surface area contributed by atoms with Gasteiger partial charge in [-0.3, -0.25) is 0 Å². The van der Waals surface area contributed by atoms with Crippen LogP contribution in [-0.4, -0.2) is 17.3 Å². The Balaban J connectivity index is 2.41. The van der Waals surface area contributed by atoms with E-state index >= 15 is 0 Å². The minimum atomic E-state index is -0.160. The second-order valence-electron chi connectivity index (χ2n) is 2.71. The molecule has 0 amide bonds. The molecule has 4 heteroatoms. The third-order valence-corrected chi connectivity index (χ3v) is 2.26. The van der Waals surface area contributed by atoms with E-state index in [9.17, 15) is 4.79 Å². The summed E-state index contributed by atoms with van der Waals surface area (Å²) < 4.78 is 0. The lowest BCUT2D eigenvalue weighted by atomic mass is 10.2. The van der Waals surface area contributed by atoms with Crippen molar-refractivity contribution in [1.82, 2.24) is 4.98 Å². The van der Waals surface area contributed by atoms with E-state index in [4.69, 9.17) is 11.6 Å². The summed E-state index contributed by atoms with van der Waals surface area (Å²) in [6.45, 7) is 0. The Kier molecular flexibility index (Phi) is 1.73. The van der Waals surface area contributed by atoms with Gasteiger partial charge in [0.25, 0.3) is 0 Å². The maximum Gasteiger partial charge on any atom is 0.142 e. The molecule has 1 atom stereocenters. The average molecular weight is 183 g/mol. The zero-order chi connectivity index (χ0) is 8.55. The Labute approximate surface area is 74.8 Å². The number of nitrogens with one attached hydrogen (secondary N) is 1. The average Bonchev–Trinajstić information content (AvgIpc) is 2.49. The van der Waals surface area contributed by atoms with Gasteiger partial charge in [-0.15, -0.1) is 0 Å². The number of carbonyl (C=O) groups excluding carboxylic acids is 1. The van der Waals surface area contributed by atoms with Gasteiger partial charge in [0, 0.05) is 23.2 Å². The first-order valence-corrected chi connectivity index (χ1v) is 4.04. The van der Waals surface area contributed by atoms with Gasteiger partial charge in [0.1, 0.15) is 12.1 Å². The molecular weight excluding hydrogens is 176 g/mol. The van der Waals surface area contributed by atoms with E-state index in [2.05, 4.69) is 10.3 Å². The molecule has 2 heterocycles. The zero-order valence-electron chi connectivity index (χ0n) is 6.25. The number of aldehydes is 1. The molecule has 0 fully saturated rings. The zero-order valence-corrected chi connectivity index (χ0v) is 7.01. The van der Waals surface area contributed by atoms with E-state index in [1.54, 1.807) is 12.3 Å². The van der Waals surface area contributed by atoms with Gasteiger partial charge in [0.05, 0.1) is 6.04 Å². The first-order chi connectivity index (χ1) is 5.81. The lowest BCUT2D eigenvalue weighted by molar-refractivity contribution is -0.108. The molecule has 0 aliphatic carbocycles. The summed E-state index contributed by atoms with van der Waals surface area (Å²) in [4.78, 5) is 14.5. The largest absolute Gasteiger partial charge is 0.360 e. The summed E-state index contributed by atoms with van der Waals surface area (Å²) in [6, 6.07) is 1.57. The Morgan fingerprint density at radius 2 is 2.58 bits per heavy atom. The van der Waals surface area contributed by atoms with Gasteiger partial charge in [0.15, 0.2) is 0 Å². The van der Waals surface area contributed by atoms with E-state index in [1.807, 2.05) is 0 Å². The van der Waals surface area contributed by atoms with E-state index < -0.39 is 0 Å². The molecule has 12 heavy (non-hydrogen) atoms. The number of pyridine rings is 1. The third-order valence-electron chi connectivity index (χ3n) is 1.91. The number of hydrogen-bond donors (Lipinski definition) is 1. The van der Waals surface area contributed by atoms with Gasteiger partial charge < -0.3 is 10.1 Å². The minimum absolute atomic E-state index is 0.160. The van der Waals surface area contributed by atoms with Gasteiger partial charge in [-0.2, -0.15) is 0 Å². The van der Waals surface area contributed by atoms with Crippen molar-refractivity contribution in [3.8, 4) is 0 Å². The van der Waals surface area contributed by atoms with Crippen LogP contribution in [0.2, 0.25) is 5.02 Å². The summed E-state index contributed by atoms with van der Waals surface area (Å²) in [5.74, 6) is 0.736. The van der Waals surface area contributed by atoms with E-state index in [1.165, 1.54) is 0 Å². The first kappa shape index (κ1) is 7.55. The van der Waals surface area contributed by atoms with Crippen LogP contribution in [0, 0.1) is 0 Å². The van der Waals surface area contributed by atoms with Crippen molar-refractivity contribution in [2.75, 3.05) is 5.32 Å². The first-order valence-electron chi connectivity index (χ1n) is 3.66. The van der Waals surface area contributed by atoms with Crippen LogP contribution in [0.4, 0.5) is 5.82 Å². The molecule has 0 aromatic carbocycles. The second kappa shape index (κ2) is 2.75. The molecule has 1 aromatic rings. The fourth-order valence-corrected chi connectivity index (χ4v) is 1.54. The molecule has 3 nitrogen and oxygen atoms in total. The number of nitrogens with zero attached hydrogens (tertiary/aromatic N) is 1. The normalized spacial score (nSPS) is 19.9. The molecule has 1 unspecified atom stereocenters. The van der Waals surface area contributed by atoms with Gasteiger partial charge in [0.2, 0.25) is 0 Å². The standard InChI is InChI=1S/C8H7ClN2O/c9-7-1-2-10-8-6(7)3-5(4-12)11-8/h1-2,4-5H,3H2,(H,10,11). The van der Waals surface area contributed by atoms with Crippen molar-refractivity contribution in [3.63, 3.8) is 0 Å². The van der Waals surface area contributed by atoms with Gasteiger partial charge in [-0.05, 0) is 6.07 Å².